The molecule has 1 saturated carbocycles. The fraction of sp³-hybridized carbons (Fsp3) is 0.875. The highest BCUT2D eigenvalue weighted by molar-refractivity contribution is 5.81. The SMILES string of the molecule is CC(=O)N1CCCN(C(=O)C(N)CC2CCCCC2)CC1. The zero-order valence-corrected chi connectivity index (χ0v) is 13.2. The first-order valence-corrected chi connectivity index (χ1v) is 8.38. The minimum atomic E-state index is -0.364. The van der Waals surface area contributed by atoms with Crippen molar-refractivity contribution in [2.75, 3.05) is 26.2 Å². The number of nitrogens with zero attached hydrogens (tertiary/aromatic N) is 2. The van der Waals surface area contributed by atoms with E-state index in [1.807, 2.05) is 9.80 Å². The molecule has 1 saturated heterocycles. The average Bonchev–Trinajstić information content (AvgIpc) is 2.73. The number of hydrogen-bond donors (Lipinski definition) is 1. The van der Waals surface area contributed by atoms with E-state index in [1.54, 1.807) is 6.92 Å². The first-order valence-electron chi connectivity index (χ1n) is 8.38. The molecule has 0 aromatic heterocycles. The Morgan fingerprint density at radius 3 is 2.29 bits per heavy atom. The van der Waals surface area contributed by atoms with Crippen molar-refractivity contribution in [1.29, 1.82) is 0 Å². The van der Waals surface area contributed by atoms with E-state index < -0.39 is 0 Å². The number of carbonyl (C=O) groups is 2. The van der Waals surface area contributed by atoms with Gasteiger partial charge >= 0.3 is 0 Å². The lowest BCUT2D eigenvalue weighted by atomic mass is 9.85. The molecule has 1 atom stereocenters. The van der Waals surface area contributed by atoms with Gasteiger partial charge in [0.15, 0.2) is 0 Å². The summed E-state index contributed by atoms with van der Waals surface area (Å²) in [6.07, 6.45) is 8.00. The Hall–Kier alpha value is -1.10. The second-order valence-corrected chi connectivity index (χ2v) is 6.53. The van der Waals surface area contributed by atoms with Crippen LogP contribution in [0.25, 0.3) is 0 Å². The molecule has 0 bridgehead atoms. The normalized spacial score (nSPS) is 22.8. The summed E-state index contributed by atoms with van der Waals surface area (Å²) >= 11 is 0. The van der Waals surface area contributed by atoms with Crippen LogP contribution in [0.3, 0.4) is 0 Å². The highest BCUT2D eigenvalue weighted by Crippen LogP contribution is 2.27. The van der Waals surface area contributed by atoms with Gasteiger partial charge in [-0.3, -0.25) is 9.59 Å². The Bertz CT molecular complexity index is 367. The molecule has 120 valence electrons. The highest BCUT2D eigenvalue weighted by Gasteiger charge is 2.27. The second-order valence-electron chi connectivity index (χ2n) is 6.53. The molecule has 1 unspecified atom stereocenters. The van der Waals surface area contributed by atoms with Gasteiger partial charge in [-0.15, -0.1) is 0 Å². The fourth-order valence-corrected chi connectivity index (χ4v) is 3.57. The van der Waals surface area contributed by atoms with E-state index in [0.717, 1.165) is 25.9 Å². The van der Waals surface area contributed by atoms with E-state index in [-0.39, 0.29) is 17.9 Å². The maximum atomic E-state index is 12.5. The second kappa shape index (κ2) is 7.78. The van der Waals surface area contributed by atoms with E-state index >= 15 is 0 Å². The van der Waals surface area contributed by atoms with Gasteiger partial charge in [-0.2, -0.15) is 0 Å². The van der Waals surface area contributed by atoms with Crippen LogP contribution in [0, 0.1) is 5.92 Å². The summed E-state index contributed by atoms with van der Waals surface area (Å²) < 4.78 is 0. The minimum Gasteiger partial charge on any atom is -0.341 e. The van der Waals surface area contributed by atoms with Crippen LogP contribution in [0.5, 0.6) is 0 Å². The Morgan fingerprint density at radius 1 is 1.00 bits per heavy atom. The zero-order chi connectivity index (χ0) is 15.2. The van der Waals surface area contributed by atoms with Gasteiger partial charge in [-0.05, 0) is 18.8 Å². The van der Waals surface area contributed by atoms with Gasteiger partial charge in [0.2, 0.25) is 11.8 Å². The molecule has 2 fully saturated rings. The van der Waals surface area contributed by atoms with Crippen molar-refractivity contribution in [3.8, 4) is 0 Å². The van der Waals surface area contributed by atoms with E-state index in [4.69, 9.17) is 5.73 Å². The zero-order valence-electron chi connectivity index (χ0n) is 13.2. The molecule has 5 heteroatoms. The highest BCUT2D eigenvalue weighted by atomic mass is 16.2. The van der Waals surface area contributed by atoms with E-state index in [2.05, 4.69) is 0 Å². The number of hydrogen-bond acceptors (Lipinski definition) is 3. The van der Waals surface area contributed by atoms with Gasteiger partial charge in [-0.1, -0.05) is 32.1 Å². The summed E-state index contributed by atoms with van der Waals surface area (Å²) in [4.78, 5) is 27.6. The van der Waals surface area contributed by atoms with Crippen molar-refractivity contribution in [2.45, 2.75) is 57.9 Å². The van der Waals surface area contributed by atoms with Crippen LogP contribution in [0.2, 0.25) is 0 Å². The lowest BCUT2D eigenvalue weighted by Gasteiger charge is -2.28. The molecule has 1 heterocycles. The lowest BCUT2D eigenvalue weighted by Crippen LogP contribution is -2.46. The van der Waals surface area contributed by atoms with Gasteiger partial charge in [0.1, 0.15) is 0 Å². The molecule has 0 radical (unpaired) electrons. The summed E-state index contributed by atoms with van der Waals surface area (Å²) in [6.45, 7) is 4.32. The van der Waals surface area contributed by atoms with Crippen molar-refractivity contribution in [3.63, 3.8) is 0 Å². The Morgan fingerprint density at radius 2 is 1.62 bits per heavy atom. The van der Waals surface area contributed by atoms with Crippen LogP contribution < -0.4 is 5.73 Å². The Labute approximate surface area is 127 Å². The largest absolute Gasteiger partial charge is 0.341 e. The summed E-state index contributed by atoms with van der Waals surface area (Å²) in [5.74, 6) is 0.792. The van der Waals surface area contributed by atoms with E-state index in [9.17, 15) is 9.59 Å². The molecule has 1 aliphatic heterocycles. The number of rotatable bonds is 3. The molecule has 0 aromatic rings. The number of carbonyl (C=O) groups excluding carboxylic acids is 2. The fourth-order valence-electron chi connectivity index (χ4n) is 3.57. The average molecular weight is 295 g/mol. The van der Waals surface area contributed by atoms with Gasteiger partial charge in [0, 0.05) is 33.1 Å². The quantitative estimate of drug-likeness (QED) is 0.855. The van der Waals surface area contributed by atoms with Crippen molar-refractivity contribution in [2.24, 2.45) is 11.7 Å². The smallest absolute Gasteiger partial charge is 0.239 e. The van der Waals surface area contributed by atoms with Crippen molar-refractivity contribution < 1.29 is 9.59 Å². The van der Waals surface area contributed by atoms with Crippen LogP contribution >= 0.6 is 0 Å². The number of nitrogens with two attached hydrogens (primary N) is 1. The molecular formula is C16H29N3O2. The molecule has 1 aliphatic carbocycles. The molecular weight excluding hydrogens is 266 g/mol. The predicted octanol–water partition coefficient (Wildman–Crippen LogP) is 1.36. The summed E-state index contributed by atoms with van der Waals surface area (Å²) in [5.41, 5.74) is 6.15. The first kappa shape index (κ1) is 16.3. The van der Waals surface area contributed by atoms with Crippen LogP contribution in [-0.4, -0.2) is 53.8 Å². The minimum absolute atomic E-state index is 0.0750. The Balaban J connectivity index is 1.82. The topological polar surface area (TPSA) is 66.6 Å². The third-order valence-electron chi connectivity index (χ3n) is 4.88. The van der Waals surface area contributed by atoms with Gasteiger partial charge in [0.05, 0.1) is 6.04 Å². The molecule has 2 amide bonds. The molecule has 5 nitrogen and oxygen atoms in total. The molecule has 21 heavy (non-hydrogen) atoms. The standard InChI is InChI=1S/C16H29N3O2/c1-13(20)18-8-5-9-19(11-10-18)16(21)15(17)12-14-6-3-2-4-7-14/h14-15H,2-12,17H2,1H3. The third-order valence-corrected chi connectivity index (χ3v) is 4.88. The Kier molecular flexibility index (Phi) is 6.03. The number of amides is 2. The summed E-state index contributed by atoms with van der Waals surface area (Å²) in [5, 5.41) is 0. The predicted molar refractivity (Wildman–Crippen MR) is 82.6 cm³/mol. The van der Waals surface area contributed by atoms with Crippen molar-refractivity contribution in [3.05, 3.63) is 0 Å². The third kappa shape index (κ3) is 4.70. The molecule has 2 N–H and O–H groups in total. The summed E-state index contributed by atoms with van der Waals surface area (Å²) in [6, 6.07) is -0.364. The van der Waals surface area contributed by atoms with Gasteiger partial charge < -0.3 is 15.5 Å². The molecule has 2 aliphatic rings. The lowest BCUT2D eigenvalue weighted by molar-refractivity contribution is -0.134. The van der Waals surface area contributed by atoms with Crippen LogP contribution in [-0.2, 0) is 9.59 Å². The molecule has 0 aromatic carbocycles. The van der Waals surface area contributed by atoms with E-state index in [0.29, 0.717) is 19.0 Å². The van der Waals surface area contributed by atoms with Crippen LogP contribution in [0.15, 0.2) is 0 Å². The van der Waals surface area contributed by atoms with Crippen LogP contribution in [0.1, 0.15) is 51.9 Å². The maximum absolute atomic E-state index is 12.5. The van der Waals surface area contributed by atoms with Gasteiger partial charge in [-0.25, -0.2) is 0 Å². The first-order chi connectivity index (χ1) is 10.1. The van der Waals surface area contributed by atoms with Gasteiger partial charge in [0.25, 0.3) is 0 Å². The molecule has 0 spiro atoms. The van der Waals surface area contributed by atoms with E-state index in [1.165, 1.54) is 32.1 Å². The maximum Gasteiger partial charge on any atom is 0.239 e. The summed E-state index contributed by atoms with van der Waals surface area (Å²) in [7, 11) is 0. The monoisotopic (exact) mass is 295 g/mol. The van der Waals surface area contributed by atoms with Crippen LogP contribution in [0.4, 0.5) is 0 Å². The molecule has 2 rings (SSSR count). The van der Waals surface area contributed by atoms with Crippen molar-refractivity contribution in [1.82, 2.24) is 9.80 Å². The van der Waals surface area contributed by atoms with Crippen molar-refractivity contribution >= 4 is 11.8 Å².